The van der Waals surface area contributed by atoms with Crippen molar-refractivity contribution in [2.45, 2.75) is 31.9 Å². The fourth-order valence-corrected chi connectivity index (χ4v) is 2.61. The van der Waals surface area contributed by atoms with Gasteiger partial charge in [-0.3, -0.25) is 0 Å². The predicted molar refractivity (Wildman–Crippen MR) is 88.3 cm³/mol. The van der Waals surface area contributed by atoms with E-state index in [1.807, 2.05) is 0 Å². The quantitative estimate of drug-likeness (QED) is 0.711. The maximum atomic E-state index is 13.1. The van der Waals surface area contributed by atoms with Gasteiger partial charge in [-0.2, -0.15) is 13.2 Å². The maximum Gasteiger partial charge on any atom is 0.417 e. The number of carboxylic acid groups (broad SMARTS) is 1. The van der Waals surface area contributed by atoms with Crippen LogP contribution in [-0.2, 0) is 11.0 Å². The minimum Gasteiger partial charge on any atom is -0.508 e. The van der Waals surface area contributed by atoms with E-state index in [0.717, 1.165) is 12.1 Å². The molecule has 0 aromatic heterocycles. The summed E-state index contributed by atoms with van der Waals surface area (Å²) in [5.74, 6) is 3.66. The van der Waals surface area contributed by atoms with Gasteiger partial charge in [0.2, 0.25) is 0 Å². The maximum absolute atomic E-state index is 13.1. The molecule has 26 heavy (non-hydrogen) atoms. The molecule has 1 aliphatic carbocycles. The standard InChI is InChI=1S/C19H17F3O4/c20-19(21,22)17-11-16(24)8-7-13(17)5-3-12-4-6-15(18(25)26)10-14(12)2-1-9-23/h7-8,10-11,23-24H,1-2,4,6,9H2,(H,25,26). The number of hydrogen-bond acceptors (Lipinski definition) is 3. The van der Waals surface area contributed by atoms with Crippen molar-refractivity contribution in [1.82, 2.24) is 0 Å². The van der Waals surface area contributed by atoms with Crippen LogP contribution < -0.4 is 0 Å². The zero-order valence-corrected chi connectivity index (χ0v) is 13.7. The highest BCUT2D eigenvalue weighted by atomic mass is 19.4. The third kappa shape index (κ3) is 4.90. The zero-order chi connectivity index (χ0) is 19.3. The Morgan fingerprint density at radius 2 is 1.92 bits per heavy atom. The lowest BCUT2D eigenvalue weighted by Gasteiger charge is -2.15. The molecule has 0 bridgehead atoms. The highest BCUT2D eigenvalue weighted by Gasteiger charge is 2.33. The Balaban J connectivity index is 2.45. The van der Waals surface area contributed by atoms with E-state index in [1.54, 1.807) is 0 Å². The van der Waals surface area contributed by atoms with Crippen molar-refractivity contribution in [3.63, 3.8) is 0 Å². The third-order valence-electron chi connectivity index (χ3n) is 3.92. The normalized spacial score (nSPS) is 14.5. The molecule has 0 atom stereocenters. The van der Waals surface area contributed by atoms with Crippen LogP contribution in [0.2, 0.25) is 0 Å². The molecular weight excluding hydrogens is 349 g/mol. The first kappa shape index (κ1) is 19.6. The molecule has 0 heterocycles. The van der Waals surface area contributed by atoms with Crippen molar-refractivity contribution in [2.75, 3.05) is 6.61 Å². The molecule has 3 N–H and O–H groups in total. The topological polar surface area (TPSA) is 77.8 Å². The van der Waals surface area contributed by atoms with Gasteiger partial charge in [-0.15, -0.1) is 0 Å². The minimum atomic E-state index is -4.65. The van der Waals surface area contributed by atoms with E-state index in [4.69, 9.17) is 10.2 Å². The van der Waals surface area contributed by atoms with Gasteiger partial charge in [0.1, 0.15) is 5.75 Å². The second kappa shape index (κ2) is 8.11. The second-order valence-electron chi connectivity index (χ2n) is 5.78. The van der Waals surface area contributed by atoms with E-state index < -0.39 is 23.5 Å². The lowest BCUT2D eigenvalue weighted by Crippen LogP contribution is -2.08. The third-order valence-corrected chi connectivity index (χ3v) is 3.92. The number of carboxylic acids is 1. The van der Waals surface area contributed by atoms with Crippen LogP contribution in [0.5, 0.6) is 5.75 Å². The van der Waals surface area contributed by atoms with E-state index in [-0.39, 0.29) is 24.2 Å². The van der Waals surface area contributed by atoms with Crippen LogP contribution in [0.4, 0.5) is 13.2 Å². The van der Waals surface area contributed by atoms with Gasteiger partial charge in [0, 0.05) is 23.3 Å². The molecule has 1 aromatic carbocycles. The second-order valence-corrected chi connectivity index (χ2v) is 5.78. The number of alkyl halides is 3. The van der Waals surface area contributed by atoms with Crippen LogP contribution in [0.3, 0.4) is 0 Å². The smallest absolute Gasteiger partial charge is 0.417 e. The number of aliphatic hydroxyl groups is 1. The molecule has 0 unspecified atom stereocenters. The monoisotopic (exact) mass is 366 g/mol. The van der Waals surface area contributed by atoms with Crippen LogP contribution in [0, 0.1) is 11.8 Å². The van der Waals surface area contributed by atoms with Crippen molar-refractivity contribution in [3.8, 4) is 17.6 Å². The number of phenolic OH excluding ortho intramolecular Hbond substituents is 1. The van der Waals surface area contributed by atoms with Gasteiger partial charge in [0.15, 0.2) is 0 Å². The summed E-state index contributed by atoms with van der Waals surface area (Å²) >= 11 is 0. The molecule has 2 rings (SSSR count). The Bertz CT molecular complexity index is 823. The number of benzene rings is 1. The molecule has 0 spiro atoms. The number of aliphatic carboxylic acids is 1. The van der Waals surface area contributed by atoms with Crippen molar-refractivity contribution in [2.24, 2.45) is 0 Å². The molecular formula is C19H17F3O4. The Morgan fingerprint density at radius 1 is 1.19 bits per heavy atom. The molecule has 4 nitrogen and oxygen atoms in total. The van der Waals surface area contributed by atoms with Gasteiger partial charge in [0.05, 0.1) is 5.56 Å². The van der Waals surface area contributed by atoms with Gasteiger partial charge < -0.3 is 15.3 Å². The first-order valence-corrected chi connectivity index (χ1v) is 7.91. The first-order valence-electron chi connectivity index (χ1n) is 7.91. The largest absolute Gasteiger partial charge is 0.508 e. The average molecular weight is 366 g/mol. The van der Waals surface area contributed by atoms with Crippen LogP contribution in [-0.4, -0.2) is 27.9 Å². The summed E-state index contributed by atoms with van der Waals surface area (Å²) < 4.78 is 39.3. The van der Waals surface area contributed by atoms with Crippen molar-refractivity contribution in [3.05, 3.63) is 52.1 Å². The summed E-state index contributed by atoms with van der Waals surface area (Å²) in [7, 11) is 0. The van der Waals surface area contributed by atoms with Crippen LogP contribution in [0.25, 0.3) is 0 Å². The zero-order valence-electron chi connectivity index (χ0n) is 13.7. The number of aromatic hydroxyl groups is 1. The fourth-order valence-electron chi connectivity index (χ4n) is 2.61. The Hall–Kier alpha value is -2.72. The number of halogens is 3. The molecule has 0 fully saturated rings. The number of aliphatic hydroxyl groups excluding tert-OH is 1. The molecule has 7 heteroatoms. The fraction of sp³-hybridized carbons (Fsp3) is 0.316. The van der Waals surface area contributed by atoms with Crippen LogP contribution in [0.1, 0.15) is 36.8 Å². The summed E-state index contributed by atoms with van der Waals surface area (Å²) in [5, 5.41) is 27.4. The van der Waals surface area contributed by atoms with E-state index in [0.29, 0.717) is 36.5 Å². The Morgan fingerprint density at radius 3 is 2.54 bits per heavy atom. The van der Waals surface area contributed by atoms with E-state index in [1.165, 1.54) is 6.08 Å². The summed E-state index contributed by atoms with van der Waals surface area (Å²) in [4.78, 5) is 11.1. The Kier molecular flexibility index (Phi) is 6.11. The Labute approximate surface area is 148 Å². The lowest BCUT2D eigenvalue weighted by molar-refractivity contribution is -0.138. The summed E-state index contributed by atoms with van der Waals surface area (Å²) in [6.07, 6.45) is -1.84. The number of phenols is 1. The molecule has 138 valence electrons. The number of rotatable bonds is 4. The summed E-state index contributed by atoms with van der Waals surface area (Å²) in [5.41, 5.74) is 0.0914. The van der Waals surface area contributed by atoms with Gasteiger partial charge in [-0.25, -0.2) is 4.79 Å². The minimum absolute atomic E-state index is 0.0867. The van der Waals surface area contributed by atoms with Gasteiger partial charge in [-0.05, 0) is 55.5 Å². The summed E-state index contributed by atoms with van der Waals surface area (Å²) in [6.45, 7) is -0.0867. The predicted octanol–water partition coefficient (Wildman–Crippen LogP) is 3.64. The van der Waals surface area contributed by atoms with Gasteiger partial charge in [-0.1, -0.05) is 11.8 Å². The molecule has 0 saturated heterocycles. The van der Waals surface area contributed by atoms with Crippen LogP contribution in [0.15, 0.2) is 41.0 Å². The molecule has 0 radical (unpaired) electrons. The highest BCUT2D eigenvalue weighted by molar-refractivity contribution is 5.87. The van der Waals surface area contributed by atoms with Gasteiger partial charge in [0.25, 0.3) is 0 Å². The average Bonchev–Trinajstić information content (AvgIpc) is 2.58. The molecule has 1 aromatic rings. The van der Waals surface area contributed by atoms with Crippen LogP contribution >= 0.6 is 0 Å². The van der Waals surface area contributed by atoms with E-state index in [2.05, 4.69) is 11.8 Å². The first-order chi connectivity index (χ1) is 12.2. The number of carbonyl (C=O) groups is 1. The van der Waals surface area contributed by atoms with Gasteiger partial charge >= 0.3 is 12.1 Å². The molecule has 1 aliphatic rings. The highest BCUT2D eigenvalue weighted by Crippen LogP contribution is 2.34. The number of hydrogen-bond donors (Lipinski definition) is 3. The van der Waals surface area contributed by atoms with Crippen molar-refractivity contribution >= 4 is 5.97 Å². The van der Waals surface area contributed by atoms with E-state index in [9.17, 15) is 23.1 Å². The molecule has 0 amide bonds. The number of allylic oxidation sites excluding steroid dienone is 3. The summed E-state index contributed by atoms with van der Waals surface area (Å²) in [6, 6.07) is 2.85. The molecule has 0 saturated carbocycles. The van der Waals surface area contributed by atoms with Crippen molar-refractivity contribution in [1.29, 1.82) is 0 Å². The lowest BCUT2D eigenvalue weighted by atomic mass is 9.90. The SMILES string of the molecule is O=C(O)C1=CC(CCCO)=C(C#Cc2ccc(O)cc2C(F)(F)F)CC1. The van der Waals surface area contributed by atoms with Crippen molar-refractivity contribution < 1.29 is 33.3 Å². The van der Waals surface area contributed by atoms with E-state index >= 15 is 0 Å². The molecule has 0 aliphatic heterocycles.